The van der Waals surface area contributed by atoms with E-state index in [1.807, 2.05) is 105 Å². The van der Waals surface area contributed by atoms with E-state index in [0.717, 1.165) is 27.9 Å². The quantitative estimate of drug-likeness (QED) is 0.178. The van der Waals surface area contributed by atoms with Crippen LogP contribution in [-0.2, 0) is 6.42 Å². The SMILES string of the molecule is CC(C)CCN(C(=O)O)C(=O)N(CCCc1ccccc1)C(=O)c1nc(C(=O)NCC(c2ccccc2)c2ccccc2)co1. The zero-order valence-electron chi connectivity index (χ0n) is 25.5. The number of carbonyl (C=O) groups excluding carboxylic acids is 3. The van der Waals surface area contributed by atoms with E-state index in [0.29, 0.717) is 24.2 Å². The molecular weight excluding hydrogens is 572 g/mol. The van der Waals surface area contributed by atoms with Crippen molar-refractivity contribution in [1.29, 1.82) is 0 Å². The van der Waals surface area contributed by atoms with E-state index < -0.39 is 29.8 Å². The highest BCUT2D eigenvalue weighted by Crippen LogP contribution is 2.24. The molecule has 4 aromatic rings. The fourth-order valence-electron chi connectivity index (χ4n) is 4.85. The van der Waals surface area contributed by atoms with Crippen LogP contribution in [0.2, 0.25) is 0 Å². The second-order valence-electron chi connectivity index (χ2n) is 11.1. The first-order valence-electron chi connectivity index (χ1n) is 15.0. The van der Waals surface area contributed by atoms with Gasteiger partial charge in [0.15, 0.2) is 5.69 Å². The molecule has 0 aliphatic rings. The van der Waals surface area contributed by atoms with Crippen molar-refractivity contribution >= 4 is 23.9 Å². The molecule has 0 radical (unpaired) electrons. The smallest absolute Gasteiger partial charge is 0.415 e. The molecule has 0 aliphatic heterocycles. The fraction of sp³-hybridized carbons (Fsp3) is 0.286. The highest BCUT2D eigenvalue weighted by molar-refractivity contribution is 6.05. The van der Waals surface area contributed by atoms with Gasteiger partial charge in [0.2, 0.25) is 0 Å². The summed E-state index contributed by atoms with van der Waals surface area (Å²) in [7, 11) is 0. The molecule has 0 atom stereocenters. The van der Waals surface area contributed by atoms with Gasteiger partial charge in [0, 0.05) is 25.6 Å². The number of hydrogen-bond acceptors (Lipinski definition) is 6. The summed E-state index contributed by atoms with van der Waals surface area (Å²) >= 11 is 0. The Hall–Kier alpha value is -5.25. The molecule has 0 spiro atoms. The lowest BCUT2D eigenvalue weighted by atomic mass is 9.91. The molecule has 0 unspecified atom stereocenters. The number of aryl methyl sites for hydroxylation is 1. The number of hydrogen-bond donors (Lipinski definition) is 2. The Morgan fingerprint density at radius 1 is 0.822 bits per heavy atom. The molecule has 3 aromatic carbocycles. The van der Waals surface area contributed by atoms with Crippen LogP contribution in [0.4, 0.5) is 9.59 Å². The zero-order chi connectivity index (χ0) is 32.2. The molecule has 0 bridgehead atoms. The zero-order valence-corrected chi connectivity index (χ0v) is 25.5. The van der Waals surface area contributed by atoms with Gasteiger partial charge in [-0.3, -0.25) is 14.5 Å². The third kappa shape index (κ3) is 9.12. The van der Waals surface area contributed by atoms with Crippen molar-refractivity contribution in [3.8, 4) is 0 Å². The molecule has 2 N–H and O–H groups in total. The Labute approximate surface area is 262 Å². The molecule has 0 saturated carbocycles. The number of amides is 5. The summed E-state index contributed by atoms with van der Waals surface area (Å²) in [5, 5.41) is 12.7. The van der Waals surface area contributed by atoms with Crippen LogP contribution in [0.15, 0.2) is 102 Å². The Balaban J connectivity index is 1.50. The molecule has 5 amide bonds. The predicted molar refractivity (Wildman–Crippen MR) is 169 cm³/mol. The summed E-state index contributed by atoms with van der Waals surface area (Å²) in [6.45, 7) is 3.94. The highest BCUT2D eigenvalue weighted by Gasteiger charge is 2.33. The number of nitrogens with zero attached hydrogens (tertiary/aromatic N) is 3. The monoisotopic (exact) mass is 610 g/mol. The van der Waals surface area contributed by atoms with Gasteiger partial charge in [0.25, 0.3) is 11.8 Å². The van der Waals surface area contributed by atoms with Crippen LogP contribution in [-0.4, -0.2) is 63.5 Å². The van der Waals surface area contributed by atoms with Gasteiger partial charge in [-0.15, -0.1) is 0 Å². The minimum Gasteiger partial charge on any atom is -0.465 e. The van der Waals surface area contributed by atoms with Crippen molar-refractivity contribution in [2.45, 2.75) is 39.0 Å². The maximum atomic E-state index is 13.6. The van der Waals surface area contributed by atoms with Crippen LogP contribution >= 0.6 is 0 Å². The number of nitrogens with one attached hydrogen (secondary N) is 1. The number of urea groups is 1. The maximum absolute atomic E-state index is 13.6. The topological polar surface area (TPSA) is 133 Å². The third-order valence-corrected chi connectivity index (χ3v) is 7.35. The van der Waals surface area contributed by atoms with Crippen LogP contribution in [0.25, 0.3) is 0 Å². The van der Waals surface area contributed by atoms with E-state index in [9.17, 15) is 24.3 Å². The van der Waals surface area contributed by atoms with Gasteiger partial charge in [-0.1, -0.05) is 105 Å². The van der Waals surface area contributed by atoms with E-state index in [1.165, 1.54) is 0 Å². The van der Waals surface area contributed by atoms with Crippen LogP contribution < -0.4 is 5.32 Å². The number of benzene rings is 3. The molecule has 1 heterocycles. The van der Waals surface area contributed by atoms with E-state index in [2.05, 4.69) is 10.3 Å². The minimum absolute atomic E-state index is 0.0717. The molecule has 45 heavy (non-hydrogen) atoms. The summed E-state index contributed by atoms with van der Waals surface area (Å²) in [5.74, 6) is -1.95. The van der Waals surface area contributed by atoms with E-state index >= 15 is 0 Å². The molecule has 1 aromatic heterocycles. The maximum Gasteiger partial charge on any atom is 0.415 e. The Kier molecular flexibility index (Phi) is 11.6. The molecule has 10 nitrogen and oxygen atoms in total. The van der Waals surface area contributed by atoms with Crippen molar-refractivity contribution in [3.05, 3.63) is 126 Å². The Morgan fingerprint density at radius 2 is 1.40 bits per heavy atom. The van der Waals surface area contributed by atoms with Gasteiger partial charge in [-0.25, -0.2) is 14.5 Å². The molecule has 4 rings (SSSR count). The molecular formula is C35H38N4O6. The van der Waals surface area contributed by atoms with Crippen LogP contribution in [0.1, 0.15) is 70.5 Å². The van der Waals surface area contributed by atoms with Crippen molar-refractivity contribution in [1.82, 2.24) is 20.1 Å². The lowest BCUT2D eigenvalue weighted by Crippen LogP contribution is -2.49. The number of imide groups is 2. The van der Waals surface area contributed by atoms with Gasteiger partial charge in [-0.05, 0) is 41.9 Å². The Morgan fingerprint density at radius 3 is 1.96 bits per heavy atom. The predicted octanol–water partition coefficient (Wildman–Crippen LogP) is 6.46. The first kappa shape index (κ1) is 32.7. The summed E-state index contributed by atoms with van der Waals surface area (Å²) in [5.41, 5.74) is 2.91. The summed E-state index contributed by atoms with van der Waals surface area (Å²) in [4.78, 5) is 57.7. The van der Waals surface area contributed by atoms with Crippen molar-refractivity contribution in [2.24, 2.45) is 5.92 Å². The average Bonchev–Trinajstić information content (AvgIpc) is 3.55. The summed E-state index contributed by atoms with van der Waals surface area (Å²) in [6, 6.07) is 28.1. The lowest BCUT2D eigenvalue weighted by molar-refractivity contribution is 0.0715. The second kappa shape index (κ2) is 16.0. The van der Waals surface area contributed by atoms with Crippen molar-refractivity contribution < 1.29 is 28.7 Å². The summed E-state index contributed by atoms with van der Waals surface area (Å²) < 4.78 is 5.38. The van der Waals surface area contributed by atoms with Gasteiger partial charge < -0.3 is 14.8 Å². The van der Waals surface area contributed by atoms with E-state index in [1.54, 1.807) is 0 Å². The number of carbonyl (C=O) groups is 4. The summed E-state index contributed by atoms with van der Waals surface area (Å²) in [6.07, 6.45) is 0.970. The number of aromatic nitrogens is 1. The number of carboxylic acid groups (broad SMARTS) is 1. The number of oxazole rings is 1. The highest BCUT2D eigenvalue weighted by atomic mass is 16.4. The van der Waals surface area contributed by atoms with Gasteiger partial charge in [-0.2, -0.15) is 4.98 Å². The minimum atomic E-state index is -1.46. The normalized spacial score (nSPS) is 10.9. The van der Waals surface area contributed by atoms with Crippen molar-refractivity contribution in [2.75, 3.05) is 19.6 Å². The number of rotatable bonds is 13. The van der Waals surface area contributed by atoms with E-state index in [4.69, 9.17) is 4.42 Å². The van der Waals surface area contributed by atoms with E-state index in [-0.39, 0.29) is 37.2 Å². The molecule has 0 fully saturated rings. The first-order chi connectivity index (χ1) is 21.7. The van der Waals surface area contributed by atoms with Crippen LogP contribution in [0.5, 0.6) is 0 Å². The van der Waals surface area contributed by atoms with Gasteiger partial charge in [0.1, 0.15) is 6.26 Å². The van der Waals surface area contributed by atoms with Gasteiger partial charge in [0.05, 0.1) is 0 Å². The fourth-order valence-corrected chi connectivity index (χ4v) is 4.85. The van der Waals surface area contributed by atoms with Crippen molar-refractivity contribution in [3.63, 3.8) is 0 Å². The molecule has 10 heteroatoms. The standard InChI is InChI=1S/C35H38N4O6/c1-25(2)20-22-39(35(43)44)34(42)38(21-12-15-26-13-6-3-7-14-26)33(41)32-37-30(24-45-32)31(40)36-23-29(27-16-8-4-9-17-27)28-18-10-5-11-19-28/h3-11,13-14,16-19,24-25,29H,12,15,20-23H2,1-2H3,(H,36,40)(H,43,44). The lowest BCUT2D eigenvalue weighted by Gasteiger charge is -2.26. The first-order valence-corrected chi connectivity index (χ1v) is 15.0. The second-order valence-corrected chi connectivity index (χ2v) is 11.1. The molecule has 0 aliphatic carbocycles. The van der Waals surface area contributed by atoms with Gasteiger partial charge >= 0.3 is 18.0 Å². The molecule has 234 valence electrons. The Bertz CT molecular complexity index is 1520. The third-order valence-electron chi connectivity index (χ3n) is 7.35. The largest absolute Gasteiger partial charge is 0.465 e. The van der Waals surface area contributed by atoms with Crippen LogP contribution in [0.3, 0.4) is 0 Å². The average molecular weight is 611 g/mol. The molecule has 0 saturated heterocycles. The van der Waals surface area contributed by atoms with Crippen LogP contribution in [0, 0.1) is 5.92 Å².